The van der Waals surface area contributed by atoms with Crippen LogP contribution in [0.4, 0.5) is 4.39 Å². The van der Waals surface area contributed by atoms with E-state index in [1.165, 1.54) is 23.0 Å². The van der Waals surface area contributed by atoms with Gasteiger partial charge in [0.05, 0.1) is 123 Å². The fourth-order valence-electron chi connectivity index (χ4n) is 6.90. The van der Waals surface area contributed by atoms with Gasteiger partial charge < -0.3 is 53.0 Å². The molecule has 3 aromatic heterocycles. The van der Waals surface area contributed by atoms with Crippen molar-refractivity contribution in [3.63, 3.8) is 0 Å². The summed E-state index contributed by atoms with van der Waals surface area (Å²) in [6.45, 7) is 17.8. The Morgan fingerprint density at radius 1 is 0.727 bits per heavy atom. The maximum atomic E-state index is 14.0. The van der Waals surface area contributed by atoms with Gasteiger partial charge in [-0.15, -0.1) is 5.10 Å². The number of aromatic nitrogens is 6. The predicted octanol–water partition coefficient (Wildman–Crippen LogP) is 2.68. The Labute approximate surface area is 385 Å². The summed E-state index contributed by atoms with van der Waals surface area (Å²) in [6, 6.07) is 8.04. The van der Waals surface area contributed by atoms with E-state index in [4.69, 9.17) is 48.0 Å². The predicted molar refractivity (Wildman–Crippen MR) is 239 cm³/mol. The van der Waals surface area contributed by atoms with Gasteiger partial charge in [0, 0.05) is 44.4 Å². The highest BCUT2D eigenvalue weighted by Gasteiger charge is 2.40. The Balaban J connectivity index is 0.923. The van der Waals surface area contributed by atoms with Crippen LogP contribution in [0.1, 0.15) is 61.2 Å². The number of amides is 3. The molecule has 4 aromatic rings. The maximum Gasteiger partial charge on any atom is 0.276 e. The lowest BCUT2D eigenvalue weighted by Gasteiger charge is -2.46. The topological polar surface area (TPSA) is 204 Å². The van der Waals surface area contributed by atoms with E-state index in [2.05, 4.69) is 36.4 Å². The fourth-order valence-corrected chi connectivity index (χ4v) is 6.90. The molecule has 364 valence electrons. The molecule has 66 heavy (non-hydrogen) atoms. The molecule has 0 saturated carbocycles. The second-order valence-corrected chi connectivity index (χ2v) is 17.0. The lowest BCUT2D eigenvalue weighted by molar-refractivity contribution is -0.122. The molecular weight excluding hydrogens is 862 g/mol. The smallest absolute Gasteiger partial charge is 0.276 e. The first-order valence-corrected chi connectivity index (χ1v) is 22.2. The SMILES string of the molecule is COCCOCCOCCOCCOCCOCCOCCOCCNC(=O)Cn1cc(C(=O)N2CCN(C(=O)c3cn4nc(-c5ccc(F)cc5)cc(C(C)(C)C)c4n3)C(C)(C)C2)nn1. The highest BCUT2D eigenvalue weighted by atomic mass is 19.1. The van der Waals surface area contributed by atoms with Gasteiger partial charge in [-0.25, -0.2) is 18.6 Å². The molecular formula is C45H66FN9O11. The summed E-state index contributed by atoms with van der Waals surface area (Å²) in [4.78, 5) is 48.3. The first-order valence-electron chi connectivity index (χ1n) is 22.2. The number of imidazole rings is 1. The number of nitrogens with zero attached hydrogens (tertiary/aromatic N) is 8. The Bertz CT molecular complexity index is 2110. The molecule has 1 aliphatic heterocycles. The average molecular weight is 928 g/mol. The minimum Gasteiger partial charge on any atom is -0.382 e. The number of fused-ring (bicyclic) bond motifs is 1. The van der Waals surface area contributed by atoms with Gasteiger partial charge in [0.2, 0.25) is 5.91 Å². The number of piperazine rings is 1. The third kappa shape index (κ3) is 16.4. The first kappa shape index (κ1) is 52.0. The van der Waals surface area contributed by atoms with Crippen molar-refractivity contribution in [2.75, 3.05) is 132 Å². The zero-order valence-corrected chi connectivity index (χ0v) is 39.1. The summed E-state index contributed by atoms with van der Waals surface area (Å²) >= 11 is 0. The van der Waals surface area contributed by atoms with Gasteiger partial charge in [-0.1, -0.05) is 26.0 Å². The molecule has 1 aliphatic rings. The molecule has 0 atom stereocenters. The molecule has 4 heterocycles. The highest BCUT2D eigenvalue weighted by molar-refractivity contribution is 5.95. The largest absolute Gasteiger partial charge is 0.382 e. The molecule has 0 aliphatic carbocycles. The van der Waals surface area contributed by atoms with Gasteiger partial charge in [-0.2, -0.15) is 5.10 Å². The van der Waals surface area contributed by atoms with Crippen molar-refractivity contribution in [1.29, 1.82) is 0 Å². The average Bonchev–Trinajstić information content (AvgIpc) is 3.94. The number of benzene rings is 1. The summed E-state index contributed by atoms with van der Waals surface area (Å²) in [5.74, 6) is -1.30. The molecule has 1 fully saturated rings. The molecule has 21 heteroatoms. The first-order chi connectivity index (χ1) is 31.8. The minimum absolute atomic E-state index is 0.0920. The molecule has 1 aromatic carbocycles. The quantitative estimate of drug-likeness (QED) is 0.0778. The van der Waals surface area contributed by atoms with E-state index in [0.717, 1.165) is 11.1 Å². The van der Waals surface area contributed by atoms with Crippen LogP contribution in [0.2, 0.25) is 0 Å². The summed E-state index contributed by atoms with van der Waals surface area (Å²) in [5.41, 5.74) is 2.03. The standard InChI is InChI=1S/C45H66FN9O11/c1-44(2,3)36-29-37(34-7-9-35(46)10-8-34)50-55-31-38(48-41(36)55)43(58)54-13-12-52(33-45(54,4)5)42(57)39-30-53(51-49-39)32-40(56)47-11-14-60-17-18-62-21-22-64-25-26-66-28-27-65-24-23-63-20-19-61-16-15-59-6/h7-10,29-31H,11-28,32-33H2,1-6H3,(H,47,56). The lowest BCUT2D eigenvalue weighted by atomic mass is 9.87. The second-order valence-electron chi connectivity index (χ2n) is 17.0. The van der Waals surface area contributed by atoms with Crippen molar-refractivity contribution in [3.8, 4) is 11.3 Å². The van der Waals surface area contributed by atoms with Crippen LogP contribution < -0.4 is 5.32 Å². The third-order valence-corrected chi connectivity index (χ3v) is 10.3. The Morgan fingerprint density at radius 2 is 1.27 bits per heavy atom. The van der Waals surface area contributed by atoms with Crippen molar-refractivity contribution < 1.29 is 56.7 Å². The van der Waals surface area contributed by atoms with E-state index in [0.29, 0.717) is 110 Å². The number of halogens is 1. The molecule has 0 radical (unpaired) electrons. The van der Waals surface area contributed by atoms with Gasteiger partial charge in [0.25, 0.3) is 11.8 Å². The zero-order chi connectivity index (χ0) is 47.4. The van der Waals surface area contributed by atoms with Crippen LogP contribution in [0.25, 0.3) is 16.9 Å². The molecule has 3 amide bonds. The fraction of sp³-hybridized carbons (Fsp3) is 0.622. The Kier molecular flexibility index (Phi) is 20.8. The second kappa shape index (κ2) is 26.4. The molecule has 5 rings (SSSR count). The minimum atomic E-state index is -0.760. The Morgan fingerprint density at radius 3 is 1.80 bits per heavy atom. The van der Waals surface area contributed by atoms with Gasteiger partial charge in [0.15, 0.2) is 11.3 Å². The van der Waals surface area contributed by atoms with E-state index in [-0.39, 0.29) is 73.1 Å². The van der Waals surface area contributed by atoms with Crippen molar-refractivity contribution in [2.45, 2.75) is 52.1 Å². The summed E-state index contributed by atoms with van der Waals surface area (Å²) in [7, 11) is 1.63. The lowest BCUT2D eigenvalue weighted by Crippen LogP contribution is -2.62. The molecule has 0 unspecified atom stereocenters. The van der Waals surface area contributed by atoms with E-state index in [1.807, 2.05) is 19.9 Å². The van der Waals surface area contributed by atoms with Crippen molar-refractivity contribution >= 4 is 23.4 Å². The van der Waals surface area contributed by atoms with Gasteiger partial charge in [-0.3, -0.25) is 14.4 Å². The van der Waals surface area contributed by atoms with E-state index in [1.54, 1.807) is 39.8 Å². The summed E-state index contributed by atoms with van der Waals surface area (Å²) in [5, 5.41) is 15.5. The number of rotatable bonds is 29. The monoisotopic (exact) mass is 927 g/mol. The molecule has 20 nitrogen and oxygen atoms in total. The van der Waals surface area contributed by atoms with Crippen LogP contribution in [-0.2, 0) is 54.6 Å². The molecule has 0 spiro atoms. The van der Waals surface area contributed by atoms with Crippen LogP contribution >= 0.6 is 0 Å². The van der Waals surface area contributed by atoms with Crippen molar-refractivity contribution in [1.82, 2.24) is 44.7 Å². The number of nitrogens with one attached hydrogen (secondary N) is 1. The van der Waals surface area contributed by atoms with Crippen LogP contribution in [-0.4, -0.2) is 195 Å². The summed E-state index contributed by atoms with van der Waals surface area (Å²) < 4.78 is 59.7. The highest BCUT2D eigenvalue weighted by Crippen LogP contribution is 2.31. The van der Waals surface area contributed by atoms with Crippen molar-refractivity contribution in [2.24, 2.45) is 0 Å². The van der Waals surface area contributed by atoms with Crippen molar-refractivity contribution in [3.05, 3.63) is 65.5 Å². The molecule has 0 bridgehead atoms. The number of carbonyl (C=O) groups excluding carboxylic acids is 3. The van der Waals surface area contributed by atoms with E-state index < -0.39 is 5.54 Å². The van der Waals surface area contributed by atoms with Gasteiger partial charge in [-0.05, 0) is 49.6 Å². The van der Waals surface area contributed by atoms with Crippen LogP contribution in [0.3, 0.4) is 0 Å². The normalized spacial score (nSPS) is 14.0. The number of hydrogen-bond acceptors (Lipinski definition) is 15. The maximum absolute atomic E-state index is 14.0. The van der Waals surface area contributed by atoms with E-state index in [9.17, 15) is 18.8 Å². The van der Waals surface area contributed by atoms with Gasteiger partial charge >= 0.3 is 0 Å². The van der Waals surface area contributed by atoms with Crippen LogP contribution in [0.15, 0.2) is 42.7 Å². The number of carbonyl (C=O) groups is 3. The zero-order valence-electron chi connectivity index (χ0n) is 39.1. The molecule has 1 saturated heterocycles. The summed E-state index contributed by atoms with van der Waals surface area (Å²) in [6.07, 6.45) is 3.06. The van der Waals surface area contributed by atoms with E-state index >= 15 is 0 Å². The number of methoxy groups -OCH3 is 1. The van der Waals surface area contributed by atoms with Crippen LogP contribution in [0.5, 0.6) is 0 Å². The number of ether oxygens (including phenoxy) is 8. The van der Waals surface area contributed by atoms with Crippen LogP contribution in [0, 0.1) is 5.82 Å². The number of hydrogen-bond donors (Lipinski definition) is 1. The van der Waals surface area contributed by atoms with Gasteiger partial charge in [0.1, 0.15) is 18.1 Å². The third-order valence-electron chi connectivity index (χ3n) is 10.3. The molecule has 1 N–H and O–H groups in total. The Hall–Kier alpha value is -5.00.